The first-order valence-electron chi connectivity index (χ1n) is 11.7. The van der Waals surface area contributed by atoms with Crippen LogP contribution < -0.4 is 0 Å². The van der Waals surface area contributed by atoms with E-state index in [9.17, 15) is 9.90 Å². The molecule has 3 heteroatoms. The second kappa shape index (κ2) is 7.04. The lowest BCUT2D eigenvalue weighted by Crippen LogP contribution is -2.54. The molecule has 0 unspecified atom stereocenters. The predicted octanol–water partition coefficient (Wildman–Crippen LogP) is 5.51. The van der Waals surface area contributed by atoms with Crippen molar-refractivity contribution in [2.75, 3.05) is 0 Å². The molecule has 0 aliphatic heterocycles. The van der Waals surface area contributed by atoms with E-state index in [-0.39, 0.29) is 6.10 Å². The quantitative estimate of drug-likeness (QED) is 0.680. The zero-order valence-electron chi connectivity index (χ0n) is 17.6. The molecule has 0 spiro atoms. The van der Waals surface area contributed by atoms with Crippen molar-refractivity contribution in [3.05, 3.63) is 0 Å². The summed E-state index contributed by atoms with van der Waals surface area (Å²) in [4.78, 5) is 11.0. The van der Waals surface area contributed by atoms with Gasteiger partial charge in [-0.1, -0.05) is 20.8 Å². The number of hydrogen-bond donors (Lipinski definition) is 2. The van der Waals surface area contributed by atoms with Gasteiger partial charge in [0.05, 0.1) is 6.10 Å². The first-order valence-corrected chi connectivity index (χ1v) is 11.7. The van der Waals surface area contributed by atoms with Crippen molar-refractivity contribution >= 4 is 5.97 Å². The fourth-order valence-corrected chi connectivity index (χ4v) is 8.76. The molecule has 0 amide bonds. The number of rotatable bonds is 4. The van der Waals surface area contributed by atoms with E-state index in [1.807, 2.05) is 0 Å². The molecule has 4 saturated carbocycles. The molecule has 0 aromatic heterocycles. The highest BCUT2D eigenvalue weighted by Crippen LogP contribution is 2.68. The molecular weight excluding hydrogens is 336 g/mol. The number of aliphatic hydroxyl groups is 1. The molecule has 4 aliphatic carbocycles. The highest BCUT2D eigenvalue weighted by atomic mass is 16.4. The topological polar surface area (TPSA) is 57.5 Å². The van der Waals surface area contributed by atoms with Gasteiger partial charge in [0.2, 0.25) is 0 Å². The zero-order chi connectivity index (χ0) is 19.4. The number of carboxylic acid groups (broad SMARTS) is 1. The first kappa shape index (κ1) is 19.7. The van der Waals surface area contributed by atoms with Gasteiger partial charge in [0.25, 0.3) is 0 Å². The number of carboxylic acids is 1. The molecule has 0 radical (unpaired) electrons. The van der Waals surface area contributed by atoms with Crippen LogP contribution in [0.1, 0.15) is 91.4 Å². The molecule has 9 atom stereocenters. The van der Waals surface area contributed by atoms with Gasteiger partial charge in [-0.15, -0.1) is 0 Å². The summed E-state index contributed by atoms with van der Waals surface area (Å²) in [5.74, 6) is 3.91. The summed E-state index contributed by atoms with van der Waals surface area (Å²) in [6.45, 7) is 7.43. The van der Waals surface area contributed by atoms with Crippen molar-refractivity contribution in [3.63, 3.8) is 0 Å². The lowest BCUT2D eigenvalue weighted by Gasteiger charge is -2.61. The van der Waals surface area contributed by atoms with Crippen LogP contribution in [-0.4, -0.2) is 22.3 Å². The van der Waals surface area contributed by atoms with E-state index in [0.717, 1.165) is 42.9 Å². The van der Waals surface area contributed by atoms with Crippen molar-refractivity contribution in [1.29, 1.82) is 0 Å². The van der Waals surface area contributed by atoms with E-state index in [0.29, 0.717) is 29.1 Å². The molecule has 0 aromatic carbocycles. The van der Waals surface area contributed by atoms with E-state index >= 15 is 0 Å². The minimum atomic E-state index is -0.643. The van der Waals surface area contributed by atoms with E-state index < -0.39 is 5.97 Å². The molecule has 3 nitrogen and oxygen atoms in total. The van der Waals surface area contributed by atoms with Crippen molar-refractivity contribution in [2.24, 2.45) is 46.3 Å². The fourth-order valence-electron chi connectivity index (χ4n) is 8.76. The van der Waals surface area contributed by atoms with Gasteiger partial charge in [-0.05, 0) is 111 Å². The van der Waals surface area contributed by atoms with Gasteiger partial charge < -0.3 is 10.2 Å². The fraction of sp³-hybridized carbons (Fsp3) is 0.958. The monoisotopic (exact) mass is 376 g/mol. The minimum absolute atomic E-state index is 0.0561. The van der Waals surface area contributed by atoms with Crippen LogP contribution in [0.15, 0.2) is 0 Å². The summed E-state index contributed by atoms with van der Waals surface area (Å²) in [6.07, 6.45) is 12.4. The van der Waals surface area contributed by atoms with Crippen LogP contribution in [-0.2, 0) is 4.79 Å². The molecule has 0 bridgehead atoms. The van der Waals surface area contributed by atoms with Crippen LogP contribution in [0, 0.1) is 46.3 Å². The average Bonchev–Trinajstić information content (AvgIpc) is 2.97. The van der Waals surface area contributed by atoms with Gasteiger partial charge in [0.1, 0.15) is 0 Å². The Morgan fingerprint density at radius 2 is 1.70 bits per heavy atom. The second-order valence-corrected chi connectivity index (χ2v) is 11.2. The zero-order valence-corrected chi connectivity index (χ0v) is 17.6. The van der Waals surface area contributed by atoms with Gasteiger partial charge in [-0.2, -0.15) is 0 Å². The Hall–Kier alpha value is -0.570. The number of carbonyl (C=O) groups is 1. The second-order valence-electron chi connectivity index (χ2n) is 11.2. The lowest BCUT2D eigenvalue weighted by molar-refractivity contribution is -0.138. The van der Waals surface area contributed by atoms with Gasteiger partial charge in [0, 0.05) is 6.42 Å². The van der Waals surface area contributed by atoms with Crippen LogP contribution in [0.3, 0.4) is 0 Å². The summed E-state index contributed by atoms with van der Waals surface area (Å²) >= 11 is 0. The molecule has 4 aliphatic rings. The maximum atomic E-state index is 11.0. The van der Waals surface area contributed by atoms with Gasteiger partial charge >= 0.3 is 5.97 Å². The molecule has 2 N–H and O–H groups in total. The Morgan fingerprint density at radius 3 is 2.44 bits per heavy atom. The van der Waals surface area contributed by atoms with Crippen LogP contribution >= 0.6 is 0 Å². The predicted molar refractivity (Wildman–Crippen MR) is 107 cm³/mol. The van der Waals surface area contributed by atoms with E-state index in [1.165, 1.54) is 44.9 Å². The smallest absolute Gasteiger partial charge is 0.303 e. The molecule has 4 rings (SSSR count). The third kappa shape index (κ3) is 3.16. The SMILES string of the molecule is C[C@H](CCC(=O)O)[C@H]1CC[C@@H]2[C@H]3CC[C@H]4C[C@H](O)CC[C@]4(C)[C@@H]3CC[C@@]21C. The van der Waals surface area contributed by atoms with Gasteiger partial charge in [-0.3, -0.25) is 4.79 Å². The summed E-state index contributed by atoms with van der Waals surface area (Å²) in [6, 6.07) is 0. The van der Waals surface area contributed by atoms with Crippen LogP contribution in [0.2, 0.25) is 0 Å². The molecule has 0 saturated heterocycles. The third-order valence-corrected chi connectivity index (χ3v) is 10.2. The normalized spacial score (nSPS) is 50.4. The highest BCUT2D eigenvalue weighted by molar-refractivity contribution is 5.66. The third-order valence-electron chi connectivity index (χ3n) is 10.2. The average molecular weight is 377 g/mol. The molecular formula is C24H40O3. The number of aliphatic hydroxyl groups excluding tert-OH is 1. The molecule has 154 valence electrons. The molecule has 4 fully saturated rings. The maximum Gasteiger partial charge on any atom is 0.303 e. The Labute approximate surface area is 165 Å². The summed E-state index contributed by atoms with van der Waals surface area (Å²) in [5.41, 5.74) is 0.882. The Morgan fingerprint density at radius 1 is 1.00 bits per heavy atom. The molecule has 0 aromatic rings. The number of aliphatic carboxylic acids is 1. The van der Waals surface area contributed by atoms with E-state index in [4.69, 9.17) is 5.11 Å². The Kier molecular flexibility index (Phi) is 5.15. The van der Waals surface area contributed by atoms with Crippen LogP contribution in [0.5, 0.6) is 0 Å². The largest absolute Gasteiger partial charge is 0.481 e. The summed E-state index contributed by atoms with van der Waals surface area (Å²) in [5, 5.41) is 19.3. The van der Waals surface area contributed by atoms with Crippen molar-refractivity contribution in [3.8, 4) is 0 Å². The molecule has 0 heterocycles. The highest BCUT2D eigenvalue weighted by Gasteiger charge is 2.60. The maximum absolute atomic E-state index is 11.0. The Balaban J connectivity index is 1.51. The number of hydrogen-bond acceptors (Lipinski definition) is 2. The summed E-state index contributed by atoms with van der Waals surface area (Å²) < 4.78 is 0. The van der Waals surface area contributed by atoms with Gasteiger partial charge in [-0.25, -0.2) is 0 Å². The van der Waals surface area contributed by atoms with Crippen molar-refractivity contribution in [1.82, 2.24) is 0 Å². The first-order chi connectivity index (χ1) is 12.8. The standard InChI is InChI=1S/C24H40O3/c1-15(4-9-22(26)27)19-7-8-20-18-6-5-16-14-17(25)10-12-23(16,2)21(18)11-13-24(19,20)3/h15-21,25H,4-14H2,1-3H3,(H,26,27)/t15-,16+,17-,18-,19-,20-,21-,23+,24-/m1/s1. The Bertz CT molecular complexity index is 574. The van der Waals surface area contributed by atoms with Crippen molar-refractivity contribution < 1.29 is 15.0 Å². The van der Waals surface area contributed by atoms with E-state index in [2.05, 4.69) is 20.8 Å². The summed E-state index contributed by atoms with van der Waals surface area (Å²) in [7, 11) is 0. The lowest BCUT2D eigenvalue weighted by atomic mass is 9.44. The van der Waals surface area contributed by atoms with Crippen molar-refractivity contribution in [2.45, 2.75) is 97.5 Å². The van der Waals surface area contributed by atoms with E-state index in [1.54, 1.807) is 0 Å². The van der Waals surface area contributed by atoms with Gasteiger partial charge in [0.15, 0.2) is 0 Å². The van der Waals surface area contributed by atoms with Crippen LogP contribution in [0.25, 0.3) is 0 Å². The van der Waals surface area contributed by atoms with Crippen LogP contribution in [0.4, 0.5) is 0 Å². The minimum Gasteiger partial charge on any atom is -0.481 e. The molecule has 27 heavy (non-hydrogen) atoms. The number of fused-ring (bicyclic) bond motifs is 5.